The minimum atomic E-state index is -0.359. The Labute approximate surface area is 137 Å². The van der Waals surface area contributed by atoms with Crippen molar-refractivity contribution in [3.05, 3.63) is 35.9 Å². The molecule has 0 unspecified atom stereocenters. The van der Waals surface area contributed by atoms with E-state index in [4.69, 9.17) is 0 Å². The molecule has 1 saturated heterocycles. The van der Waals surface area contributed by atoms with Gasteiger partial charge in [-0.1, -0.05) is 0 Å². The Morgan fingerprint density at radius 3 is 2.65 bits per heavy atom. The van der Waals surface area contributed by atoms with Gasteiger partial charge >= 0.3 is 0 Å². The zero-order chi connectivity index (χ0) is 16.2. The lowest BCUT2D eigenvalue weighted by atomic mass is 9.96. The fraction of sp³-hybridized carbons (Fsp3) is 0.647. The molecule has 23 heavy (non-hydrogen) atoms. The third-order valence-corrected chi connectivity index (χ3v) is 4.67. The highest BCUT2D eigenvalue weighted by atomic mass is 16.3. The number of nitrogens with zero attached hydrogens (tertiary/aromatic N) is 5. The van der Waals surface area contributed by atoms with E-state index in [-0.39, 0.29) is 6.10 Å². The van der Waals surface area contributed by atoms with E-state index in [1.807, 2.05) is 19.2 Å². The van der Waals surface area contributed by atoms with Crippen LogP contribution in [-0.2, 0) is 13.1 Å². The lowest BCUT2D eigenvalue weighted by Crippen LogP contribution is -2.41. The van der Waals surface area contributed by atoms with Crippen molar-refractivity contribution in [2.75, 3.05) is 19.6 Å². The van der Waals surface area contributed by atoms with Gasteiger partial charge in [0, 0.05) is 31.2 Å². The van der Waals surface area contributed by atoms with Crippen LogP contribution in [-0.4, -0.2) is 55.3 Å². The Kier molecular flexibility index (Phi) is 5.13. The van der Waals surface area contributed by atoms with Gasteiger partial charge < -0.3 is 10.0 Å². The Bertz CT molecular complexity index is 599. The molecule has 0 saturated carbocycles. The molecule has 1 N–H and O–H groups in total. The number of hydrogen-bond donors (Lipinski definition) is 1. The first-order chi connectivity index (χ1) is 11.1. The average Bonchev–Trinajstić information content (AvgIpc) is 3.11. The van der Waals surface area contributed by atoms with Gasteiger partial charge in [-0.05, 0) is 57.8 Å². The predicted molar refractivity (Wildman–Crippen MR) is 89.1 cm³/mol. The number of rotatable bonds is 6. The summed E-state index contributed by atoms with van der Waals surface area (Å²) in [6.07, 6.45) is 5.63. The van der Waals surface area contributed by atoms with Gasteiger partial charge in [-0.2, -0.15) is 10.2 Å². The van der Waals surface area contributed by atoms with Crippen LogP contribution in [0, 0.1) is 19.8 Å². The van der Waals surface area contributed by atoms with E-state index < -0.39 is 0 Å². The van der Waals surface area contributed by atoms with Gasteiger partial charge in [0.05, 0.1) is 18.3 Å². The van der Waals surface area contributed by atoms with Crippen molar-refractivity contribution in [2.24, 2.45) is 5.92 Å². The van der Waals surface area contributed by atoms with E-state index in [0.29, 0.717) is 12.5 Å². The number of β-amino-alcohol motifs (C(OH)–C–C–N with tert-alkyl or cyclic N) is 1. The van der Waals surface area contributed by atoms with E-state index in [0.717, 1.165) is 31.9 Å². The lowest BCUT2D eigenvalue weighted by molar-refractivity contribution is 0.0732. The number of piperidine rings is 1. The fourth-order valence-electron chi connectivity index (χ4n) is 3.44. The average molecular weight is 317 g/mol. The predicted octanol–water partition coefficient (Wildman–Crippen LogP) is 1.47. The van der Waals surface area contributed by atoms with Crippen LogP contribution >= 0.6 is 0 Å². The highest BCUT2D eigenvalue weighted by Gasteiger charge is 2.22. The first-order valence-electron chi connectivity index (χ1n) is 8.49. The third kappa shape index (κ3) is 4.42. The molecule has 0 aromatic carbocycles. The smallest absolute Gasteiger partial charge is 0.0862 e. The van der Waals surface area contributed by atoms with Crippen LogP contribution in [0.1, 0.15) is 24.2 Å². The number of likely N-dealkylation sites (tertiary alicyclic amines) is 1. The van der Waals surface area contributed by atoms with Crippen molar-refractivity contribution >= 4 is 0 Å². The summed E-state index contributed by atoms with van der Waals surface area (Å²) in [5.41, 5.74) is 2.35. The van der Waals surface area contributed by atoms with Crippen LogP contribution in [0.15, 0.2) is 24.5 Å². The maximum Gasteiger partial charge on any atom is 0.0862 e. The summed E-state index contributed by atoms with van der Waals surface area (Å²) in [5, 5.41) is 18.9. The second-order valence-electron chi connectivity index (χ2n) is 6.74. The summed E-state index contributed by atoms with van der Waals surface area (Å²) in [6.45, 7) is 8.60. The highest BCUT2D eigenvalue weighted by molar-refractivity contribution is 5.06. The molecule has 0 spiro atoms. The van der Waals surface area contributed by atoms with Crippen LogP contribution < -0.4 is 0 Å². The fourth-order valence-corrected chi connectivity index (χ4v) is 3.44. The maximum absolute atomic E-state index is 10.2. The summed E-state index contributed by atoms with van der Waals surface area (Å²) in [7, 11) is 0. The normalized spacial score (nSPS) is 18.4. The minimum absolute atomic E-state index is 0.359. The molecule has 3 rings (SSSR count). The Morgan fingerprint density at radius 1 is 1.26 bits per heavy atom. The largest absolute Gasteiger partial charge is 0.390 e. The molecule has 6 heteroatoms. The van der Waals surface area contributed by atoms with Gasteiger partial charge in [0.2, 0.25) is 0 Å². The molecular weight excluding hydrogens is 290 g/mol. The molecule has 1 aliphatic rings. The van der Waals surface area contributed by atoms with E-state index in [1.165, 1.54) is 18.5 Å². The first kappa shape index (κ1) is 16.2. The van der Waals surface area contributed by atoms with Crippen molar-refractivity contribution in [1.29, 1.82) is 0 Å². The quantitative estimate of drug-likeness (QED) is 0.876. The molecule has 0 aliphatic carbocycles. The van der Waals surface area contributed by atoms with Crippen molar-refractivity contribution in [2.45, 2.75) is 45.9 Å². The molecule has 126 valence electrons. The zero-order valence-corrected chi connectivity index (χ0v) is 14.1. The van der Waals surface area contributed by atoms with Gasteiger partial charge in [0.15, 0.2) is 0 Å². The van der Waals surface area contributed by atoms with Crippen LogP contribution in [0.3, 0.4) is 0 Å². The second kappa shape index (κ2) is 7.27. The lowest BCUT2D eigenvalue weighted by Gasteiger charge is -2.33. The zero-order valence-electron chi connectivity index (χ0n) is 14.1. The Morgan fingerprint density at radius 2 is 2.04 bits per heavy atom. The van der Waals surface area contributed by atoms with E-state index in [9.17, 15) is 5.11 Å². The molecule has 6 nitrogen and oxygen atoms in total. The van der Waals surface area contributed by atoms with E-state index in [1.54, 1.807) is 10.9 Å². The van der Waals surface area contributed by atoms with Crippen LogP contribution in [0.5, 0.6) is 0 Å². The first-order valence-corrected chi connectivity index (χ1v) is 8.49. The number of aryl methyl sites for hydroxylation is 2. The van der Waals surface area contributed by atoms with Crippen molar-refractivity contribution in [3.63, 3.8) is 0 Å². The summed E-state index contributed by atoms with van der Waals surface area (Å²) in [5.74, 6) is 0.688. The van der Waals surface area contributed by atoms with E-state index in [2.05, 4.69) is 32.8 Å². The standard InChI is InChI=1S/C17H27N5O/c1-14-10-15(2)22(19-14)11-16-4-8-20(9-5-16)12-17(23)13-21-7-3-6-18-21/h3,6-7,10,16-17,23H,4-5,8-9,11-13H2,1-2H3/t17-/m0/s1. The van der Waals surface area contributed by atoms with Gasteiger partial charge in [-0.15, -0.1) is 0 Å². The molecule has 3 heterocycles. The summed E-state index contributed by atoms with van der Waals surface area (Å²) >= 11 is 0. The van der Waals surface area contributed by atoms with E-state index >= 15 is 0 Å². The summed E-state index contributed by atoms with van der Waals surface area (Å²) in [4.78, 5) is 2.37. The molecule has 0 amide bonds. The monoisotopic (exact) mass is 317 g/mol. The van der Waals surface area contributed by atoms with Crippen LogP contribution in [0.25, 0.3) is 0 Å². The SMILES string of the molecule is Cc1cc(C)n(CC2CCN(C[C@H](O)Cn3cccn3)CC2)n1. The second-order valence-corrected chi connectivity index (χ2v) is 6.74. The molecule has 1 fully saturated rings. The third-order valence-electron chi connectivity index (χ3n) is 4.67. The van der Waals surface area contributed by atoms with Gasteiger partial charge in [0.1, 0.15) is 0 Å². The van der Waals surface area contributed by atoms with Crippen LogP contribution in [0.4, 0.5) is 0 Å². The van der Waals surface area contributed by atoms with Gasteiger partial charge in [-0.25, -0.2) is 0 Å². The molecule has 0 bridgehead atoms. The van der Waals surface area contributed by atoms with Crippen LogP contribution in [0.2, 0.25) is 0 Å². The molecule has 0 radical (unpaired) electrons. The number of hydrogen-bond acceptors (Lipinski definition) is 4. The summed E-state index contributed by atoms with van der Waals surface area (Å²) in [6, 6.07) is 4.03. The molecular formula is C17H27N5O. The Hall–Kier alpha value is -1.66. The number of aromatic nitrogens is 4. The molecule has 2 aromatic heterocycles. The van der Waals surface area contributed by atoms with Gasteiger partial charge in [0.25, 0.3) is 0 Å². The number of aliphatic hydroxyl groups excluding tert-OH is 1. The van der Waals surface area contributed by atoms with Gasteiger partial charge in [-0.3, -0.25) is 9.36 Å². The maximum atomic E-state index is 10.2. The van der Waals surface area contributed by atoms with Crippen molar-refractivity contribution in [1.82, 2.24) is 24.5 Å². The summed E-state index contributed by atoms with van der Waals surface area (Å²) < 4.78 is 3.93. The van der Waals surface area contributed by atoms with Crippen molar-refractivity contribution < 1.29 is 5.11 Å². The number of aliphatic hydroxyl groups is 1. The molecule has 2 aromatic rings. The Balaban J connectivity index is 1.42. The minimum Gasteiger partial charge on any atom is -0.390 e. The molecule has 1 atom stereocenters. The topological polar surface area (TPSA) is 59.1 Å². The van der Waals surface area contributed by atoms with Crippen molar-refractivity contribution in [3.8, 4) is 0 Å². The highest BCUT2D eigenvalue weighted by Crippen LogP contribution is 2.20. The molecule has 1 aliphatic heterocycles.